The minimum absolute atomic E-state index is 0.0752. The monoisotopic (exact) mass is 336 g/mol. The van der Waals surface area contributed by atoms with Crippen LogP contribution in [0.5, 0.6) is 0 Å². The normalized spacial score (nSPS) is 11.3. The lowest BCUT2D eigenvalue weighted by Crippen LogP contribution is -1.96. The second kappa shape index (κ2) is 5.98. The second-order valence-corrected chi connectivity index (χ2v) is 7.02. The van der Waals surface area contributed by atoms with Gasteiger partial charge in [0.05, 0.1) is 43.3 Å². The van der Waals surface area contributed by atoms with Crippen LogP contribution in [-0.2, 0) is 22.4 Å². The summed E-state index contributed by atoms with van der Waals surface area (Å²) in [7, 11) is 0. The summed E-state index contributed by atoms with van der Waals surface area (Å²) in [4.78, 5) is 30.1. The van der Waals surface area contributed by atoms with Gasteiger partial charge in [0.15, 0.2) is 0 Å². The molecule has 0 radical (unpaired) electrons. The number of fused-ring (bicyclic) bond motifs is 2. The molecule has 1 aromatic carbocycles. The molecule has 6 nitrogen and oxygen atoms in total. The first-order valence-electron chi connectivity index (χ1n) is 6.64. The fourth-order valence-electron chi connectivity index (χ4n) is 2.09. The number of aryl methyl sites for hydroxylation is 2. The predicted molar refractivity (Wildman–Crippen MR) is 84.7 cm³/mol. The maximum Gasteiger partial charge on any atom is 0.303 e. The van der Waals surface area contributed by atoms with Crippen LogP contribution in [0.1, 0.15) is 22.9 Å². The Morgan fingerprint density at radius 3 is 1.73 bits per heavy atom. The van der Waals surface area contributed by atoms with Gasteiger partial charge in [-0.15, -0.1) is 22.7 Å². The number of nitrogens with zero attached hydrogens (tertiary/aromatic N) is 2. The van der Waals surface area contributed by atoms with E-state index in [2.05, 4.69) is 9.97 Å². The molecular formula is C14H12N2O4S2. The van der Waals surface area contributed by atoms with Gasteiger partial charge < -0.3 is 10.2 Å². The molecule has 114 valence electrons. The van der Waals surface area contributed by atoms with E-state index in [1.165, 1.54) is 22.7 Å². The van der Waals surface area contributed by atoms with E-state index in [4.69, 9.17) is 10.2 Å². The molecule has 0 bridgehead atoms. The largest absolute Gasteiger partial charge is 0.481 e. The molecule has 2 heterocycles. The van der Waals surface area contributed by atoms with Crippen LogP contribution < -0.4 is 0 Å². The number of carbonyl (C=O) groups is 2. The van der Waals surface area contributed by atoms with E-state index in [0.717, 1.165) is 30.4 Å². The highest BCUT2D eigenvalue weighted by molar-refractivity contribution is 7.20. The highest BCUT2D eigenvalue weighted by atomic mass is 32.1. The van der Waals surface area contributed by atoms with E-state index in [-0.39, 0.29) is 12.8 Å². The van der Waals surface area contributed by atoms with Crippen molar-refractivity contribution < 1.29 is 19.8 Å². The molecule has 2 N–H and O–H groups in total. The van der Waals surface area contributed by atoms with Gasteiger partial charge in [-0.25, -0.2) is 9.97 Å². The molecule has 0 aliphatic heterocycles. The first kappa shape index (κ1) is 14.9. The van der Waals surface area contributed by atoms with Crippen molar-refractivity contribution in [3.63, 3.8) is 0 Å². The molecule has 0 saturated heterocycles. The number of hydrogen-bond acceptors (Lipinski definition) is 6. The Bertz CT molecular complexity index is 750. The Morgan fingerprint density at radius 2 is 1.32 bits per heavy atom. The maximum atomic E-state index is 10.6. The van der Waals surface area contributed by atoms with Crippen LogP contribution in [0.4, 0.5) is 0 Å². The van der Waals surface area contributed by atoms with E-state index in [1.807, 2.05) is 12.1 Å². The van der Waals surface area contributed by atoms with Crippen LogP contribution in [0.15, 0.2) is 12.1 Å². The summed E-state index contributed by atoms with van der Waals surface area (Å²) in [5.41, 5.74) is 1.63. The van der Waals surface area contributed by atoms with E-state index < -0.39 is 11.9 Å². The Kier molecular flexibility index (Phi) is 4.04. The van der Waals surface area contributed by atoms with Crippen molar-refractivity contribution in [2.75, 3.05) is 0 Å². The smallest absolute Gasteiger partial charge is 0.303 e. The van der Waals surface area contributed by atoms with Crippen LogP contribution in [0, 0.1) is 0 Å². The van der Waals surface area contributed by atoms with Crippen LogP contribution >= 0.6 is 22.7 Å². The molecule has 0 aliphatic carbocycles. The number of aliphatic carboxylic acids is 2. The third kappa shape index (κ3) is 3.23. The van der Waals surface area contributed by atoms with Crippen molar-refractivity contribution in [1.29, 1.82) is 0 Å². The van der Waals surface area contributed by atoms with E-state index in [1.54, 1.807) is 0 Å². The number of rotatable bonds is 6. The molecule has 0 aliphatic rings. The number of hydrogen-bond donors (Lipinski definition) is 2. The molecule has 22 heavy (non-hydrogen) atoms. The van der Waals surface area contributed by atoms with Gasteiger partial charge in [-0.2, -0.15) is 0 Å². The van der Waals surface area contributed by atoms with Gasteiger partial charge in [-0.05, 0) is 12.1 Å². The predicted octanol–water partition coefficient (Wildman–Crippen LogP) is 2.94. The zero-order valence-electron chi connectivity index (χ0n) is 11.4. The van der Waals surface area contributed by atoms with Crippen molar-refractivity contribution in [2.45, 2.75) is 25.7 Å². The molecule has 0 spiro atoms. The van der Waals surface area contributed by atoms with Crippen LogP contribution in [0.2, 0.25) is 0 Å². The molecule has 2 aromatic heterocycles. The Morgan fingerprint density at radius 1 is 0.864 bits per heavy atom. The zero-order chi connectivity index (χ0) is 15.7. The zero-order valence-corrected chi connectivity index (χ0v) is 13.0. The standard InChI is InChI=1S/C14H12N2O4S2/c17-13(18)3-1-11-15-7-5-8-10(6-9(7)21-11)22-12(16-8)2-4-14(19)20/h5-6H,1-4H2,(H,17,18)(H,19,20). The first-order valence-corrected chi connectivity index (χ1v) is 8.27. The van der Waals surface area contributed by atoms with Crippen molar-refractivity contribution in [2.24, 2.45) is 0 Å². The van der Waals surface area contributed by atoms with Crippen LogP contribution in [0.3, 0.4) is 0 Å². The van der Waals surface area contributed by atoms with E-state index >= 15 is 0 Å². The molecular weight excluding hydrogens is 324 g/mol. The maximum absolute atomic E-state index is 10.6. The SMILES string of the molecule is O=C(O)CCc1nc2cc3nc(CCC(=O)O)sc3cc2s1. The van der Waals surface area contributed by atoms with Gasteiger partial charge >= 0.3 is 11.9 Å². The lowest BCUT2D eigenvalue weighted by atomic mass is 10.3. The highest BCUT2D eigenvalue weighted by Gasteiger charge is 2.11. The Hall–Kier alpha value is -2.06. The fourth-order valence-corrected chi connectivity index (χ4v) is 4.14. The fraction of sp³-hybridized carbons (Fsp3) is 0.286. The van der Waals surface area contributed by atoms with Crippen molar-refractivity contribution in [3.8, 4) is 0 Å². The number of benzene rings is 1. The number of carboxylic acids is 2. The third-order valence-electron chi connectivity index (χ3n) is 3.09. The Labute approximate surface area is 133 Å². The minimum Gasteiger partial charge on any atom is -0.481 e. The molecule has 0 saturated carbocycles. The van der Waals surface area contributed by atoms with Gasteiger partial charge in [0.25, 0.3) is 0 Å². The minimum atomic E-state index is -0.829. The average molecular weight is 336 g/mol. The Balaban J connectivity index is 1.88. The highest BCUT2D eigenvalue weighted by Crippen LogP contribution is 2.31. The molecule has 0 fully saturated rings. The summed E-state index contributed by atoms with van der Waals surface area (Å²) in [5.74, 6) is -1.66. The van der Waals surface area contributed by atoms with Crippen molar-refractivity contribution in [1.82, 2.24) is 9.97 Å². The summed E-state index contributed by atoms with van der Waals surface area (Å²) in [6.45, 7) is 0. The van der Waals surface area contributed by atoms with Crippen LogP contribution in [-0.4, -0.2) is 32.1 Å². The number of aromatic nitrogens is 2. The summed E-state index contributed by atoms with van der Waals surface area (Å²) in [5, 5.41) is 19.0. The van der Waals surface area contributed by atoms with Gasteiger partial charge in [-0.3, -0.25) is 9.59 Å². The second-order valence-electron chi connectivity index (χ2n) is 4.79. The van der Waals surface area contributed by atoms with Gasteiger partial charge in [0.1, 0.15) is 0 Å². The van der Waals surface area contributed by atoms with Crippen molar-refractivity contribution >= 4 is 55.0 Å². The summed E-state index contributed by atoms with van der Waals surface area (Å²) < 4.78 is 2.00. The number of thiazole rings is 2. The molecule has 8 heteroatoms. The lowest BCUT2D eigenvalue weighted by Gasteiger charge is -1.89. The van der Waals surface area contributed by atoms with Gasteiger partial charge in [0, 0.05) is 12.8 Å². The van der Waals surface area contributed by atoms with Gasteiger partial charge in [-0.1, -0.05) is 0 Å². The quantitative estimate of drug-likeness (QED) is 0.718. The van der Waals surface area contributed by atoms with Gasteiger partial charge in [0.2, 0.25) is 0 Å². The summed E-state index contributed by atoms with van der Waals surface area (Å²) >= 11 is 2.98. The van der Waals surface area contributed by atoms with Crippen molar-refractivity contribution in [3.05, 3.63) is 22.1 Å². The summed E-state index contributed by atoms with van der Waals surface area (Å²) in [6.07, 6.45) is 1.01. The topological polar surface area (TPSA) is 100 Å². The molecule has 0 amide bonds. The number of carboxylic acid groups (broad SMARTS) is 2. The van der Waals surface area contributed by atoms with E-state index in [0.29, 0.717) is 12.8 Å². The summed E-state index contributed by atoms with van der Waals surface area (Å²) in [6, 6.07) is 3.88. The van der Waals surface area contributed by atoms with E-state index in [9.17, 15) is 9.59 Å². The molecule has 3 rings (SSSR count). The first-order chi connectivity index (χ1) is 10.5. The van der Waals surface area contributed by atoms with Crippen LogP contribution in [0.25, 0.3) is 20.4 Å². The molecule has 0 unspecified atom stereocenters. The third-order valence-corrected chi connectivity index (χ3v) is 5.25. The molecule has 0 atom stereocenters. The average Bonchev–Trinajstić information content (AvgIpc) is 3.02. The molecule has 3 aromatic rings. The lowest BCUT2D eigenvalue weighted by molar-refractivity contribution is -0.138.